The Morgan fingerprint density at radius 1 is 1.13 bits per heavy atom. The van der Waals surface area contributed by atoms with Crippen LogP contribution in [0.1, 0.15) is 26.3 Å². The Kier molecular flexibility index (Phi) is 2.31. The van der Waals surface area contributed by atoms with E-state index in [1.165, 1.54) is 5.56 Å². The summed E-state index contributed by atoms with van der Waals surface area (Å²) >= 11 is 0. The summed E-state index contributed by atoms with van der Waals surface area (Å²) < 4.78 is 5.17. The number of rotatable bonds is 1. The number of aromatic nitrogens is 2. The molecule has 0 saturated carbocycles. The van der Waals surface area contributed by atoms with E-state index in [1.54, 1.807) is 12.5 Å². The van der Waals surface area contributed by atoms with Crippen molar-refractivity contribution in [3.05, 3.63) is 36.4 Å². The van der Waals surface area contributed by atoms with Crippen LogP contribution < -0.4 is 0 Å². The summed E-state index contributed by atoms with van der Waals surface area (Å²) in [6.45, 7) is 6.48. The quantitative estimate of drug-likeness (QED) is 0.713. The van der Waals surface area contributed by atoms with E-state index in [-0.39, 0.29) is 5.41 Å². The van der Waals surface area contributed by atoms with E-state index in [4.69, 9.17) is 4.42 Å². The smallest absolute Gasteiger partial charge is 0.244 e. The topological polar surface area (TPSA) is 38.9 Å². The SMILES string of the molecule is CC(C)(C)c1ccc(-c2ncco2)nc1. The van der Waals surface area contributed by atoms with Gasteiger partial charge >= 0.3 is 0 Å². The number of nitrogens with zero attached hydrogens (tertiary/aromatic N) is 2. The van der Waals surface area contributed by atoms with Crippen LogP contribution in [0.4, 0.5) is 0 Å². The van der Waals surface area contributed by atoms with Gasteiger partial charge in [0.15, 0.2) is 0 Å². The highest BCUT2D eigenvalue weighted by molar-refractivity contribution is 5.46. The van der Waals surface area contributed by atoms with Crippen molar-refractivity contribution in [2.75, 3.05) is 0 Å². The molecule has 0 radical (unpaired) electrons. The zero-order chi connectivity index (χ0) is 10.9. The van der Waals surface area contributed by atoms with Gasteiger partial charge in [0.2, 0.25) is 5.89 Å². The molecule has 2 rings (SSSR count). The molecule has 3 heteroatoms. The lowest BCUT2D eigenvalue weighted by Crippen LogP contribution is -2.11. The molecule has 0 spiro atoms. The van der Waals surface area contributed by atoms with E-state index in [0.717, 1.165) is 5.69 Å². The van der Waals surface area contributed by atoms with Crippen molar-refractivity contribution in [3.63, 3.8) is 0 Å². The van der Waals surface area contributed by atoms with E-state index in [9.17, 15) is 0 Å². The second-order valence-corrected chi connectivity index (χ2v) is 4.52. The van der Waals surface area contributed by atoms with E-state index < -0.39 is 0 Å². The first-order valence-electron chi connectivity index (χ1n) is 4.94. The lowest BCUT2D eigenvalue weighted by molar-refractivity contribution is 0.569. The highest BCUT2D eigenvalue weighted by atomic mass is 16.3. The highest BCUT2D eigenvalue weighted by Crippen LogP contribution is 2.23. The molecule has 0 bridgehead atoms. The Balaban J connectivity index is 2.33. The van der Waals surface area contributed by atoms with Crippen molar-refractivity contribution < 1.29 is 4.42 Å². The van der Waals surface area contributed by atoms with Gasteiger partial charge in [-0.05, 0) is 17.0 Å². The van der Waals surface area contributed by atoms with Gasteiger partial charge in [0.1, 0.15) is 12.0 Å². The van der Waals surface area contributed by atoms with Gasteiger partial charge in [-0.3, -0.25) is 4.98 Å². The molecular weight excluding hydrogens is 188 g/mol. The van der Waals surface area contributed by atoms with E-state index in [2.05, 4.69) is 36.8 Å². The van der Waals surface area contributed by atoms with Gasteiger partial charge in [-0.25, -0.2) is 4.98 Å². The number of oxazole rings is 1. The fraction of sp³-hybridized carbons (Fsp3) is 0.333. The molecule has 2 aromatic heterocycles. The van der Waals surface area contributed by atoms with E-state index in [1.807, 2.05) is 12.3 Å². The normalized spacial score (nSPS) is 11.7. The van der Waals surface area contributed by atoms with Gasteiger partial charge in [0, 0.05) is 6.20 Å². The Morgan fingerprint density at radius 2 is 1.93 bits per heavy atom. The molecule has 2 heterocycles. The maximum absolute atomic E-state index is 5.17. The first kappa shape index (κ1) is 9.90. The molecule has 0 aliphatic heterocycles. The third kappa shape index (κ3) is 2.06. The van der Waals surface area contributed by atoms with Gasteiger partial charge in [-0.1, -0.05) is 26.8 Å². The van der Waals surface area contributed by atoms with Gasteiger partial charge < -0.3 is 4.42 Å². The Hall–Kier alpha value is -1.64. The first-order chi connectivity index (χ1) is 7.07. The minimum absolute atomic E-state index is 0.127. The van der Waals surface area contributed by atoms with Gasteiger partial charge in [0.05, 0.1) is 6.20 Å². The minimum atomic E-state index is 0.127. The van der Waals surface area contributed by atoms with E-state index in [0.29, 0.717) is 5.89 Å². The summed E-state index contributed by atoms with van der Waals surface area (Å²) in [5, 5.41) is 0. The van der Waals surface area contributed by atoms with Crippen LogP contribution >= 0.6 is 0 Å². The van der Waals surface area contributed by atoms with Crippen LogP contribution in [0.25, 0.3) is 11.6 Å². The standard InChI is InChI=1S/C12H14N2O/c1-12(2,3)9-4-5-10(14-8-9)11-13-6-7-15-11/h4-8H,1-3H3. The largest absolute Gasteiger partial charge is 0.443 e. The highest BCUT2D eigenvalue weighted by Gasteiger charge is 2.14. The van der Waals surface area contributed by atoms with E-state index >= 15 is 0 Å². The van der Waals surface area contributed by atoms with Crippen molar-refractivity contribution in [1.82, 2.24) is 9.97 Å². The number of pyridine rings is 1. The van der Waals surface area contributed by atoms with Crippen molar-refractivity contribution >= 4 is 0 Å². The van der Waals surface area contributed by atoms with Crippen LogP contribution in [-0.2, 0) is 5.41 Å². The average Bonchev–Trinajstić information content (AvgIpc) is 2.69. The fourth-order valence-electron chi connectivity index (χ4n) is 1.31. The number of hydrogen-bond donors (Lipinski definition) is 0. The second kappa shape index (κ2) is 3.50. The molecule has 0 N–H and O–H groups in total. The van der Waals surface area contributed by atoms with Crippen molar-refractivity contribution in [1.29, 1.82) is 0 Å². The minimum Gasteiger partial charge on any atom is -0.443 e. The van der Waals surface area contributed by atoms with Crippen LogP contribution in [0.5, 0.6) is 0 Å². The van der Waals surface area contributed by atoms with Crippen LogP contribution in [0.15, 0.2) is 35.2 Å². The summed E-state index contributed by atoms with van der Waals surface area (Å²) in [6.07, 6.45) is 5.04. The molecule has 0 aliphatic rings. The van der Waals surface area contributed by atoms with Crippen molar-refractivity contribution in [2.24, 2.45) is 0 Å². The predicted octanol–water partition coefficient (Wildman–Crippen LogP) is 3.03. The van der Waals surface area contributed by atoms with Crippen LogP contribution in [0.2, 0.25) is 0 Å². The molecule has 0 unspecified atom stereocenters. The summed E-state index contributed by atoms with van der Waals surface area (Å²) in [5.41, 5.74) is 2.10. The third-order valence-corrected chi connectivity index (χ3v) is 2.28. The molecule has 0 aliphatic carbocycles. The molecule has 78 valence electrons. The summed E-state index contributed by atoms with van der Waals surface area (Å²) in [5.74, 6) is 0.565. The Labute approximate surface area is 89.2 Å². The fourth-order valence-corrected chi connectivity index (χ4v) is 1.31. The predicted molar refractivity (Wildman–Crippen MR) is 58.4 cm³/mol. The zero-order valence-corrected chi connectivity index (χ0v) is 9.19. The van der Waals surface area contributed by atoms with Gasteiger partial charge in [-0.2, -0.15) is 0 Å². The molecule has 3 nitrogen and oxygen atoms in total. The molecule has 0 atom stereocenters. The monoisotopic (exact) mass is 202 g/mol. The Bertz CT molecular complexity index is 424. The Morgan fingerprint density at radius 3 is 2.40 bits per heavy atom. The van der Waals surface area contributed by atoms with Crippen LogP contribution in [-0.4, -0.2) is 9.97 Å². The first-order valence-corrected chi connectivity index (χ1v) is 4.94. The van der Waals surface area contributed by atoms with Crippen molar-refractivity contribution in [3.8, 4) is 11.6 Å². The molecule has 0 saturated heterocycles. The molecule has 0 aromatic carbocycles. The van der Waals surface area contributed by atoms with Gasteiger partial charge in [-0.15, -0.1) is 0 Å². The molecule has 0 fully saturated rings. The summed E-state index contributed by atoms with van der Waals surface area (Å²) in [7, 11) is 0. The molecular formula is C12H14N2O. The molecule has 2 aromatic rings. The third-order valence-electron chi connectivity index (χ3n) is 2.28. The maximum Gasteiger partial charge on any atom is 0.244 e. The summed E-state index contributed by atoms with van der Waals surface area (Å²) in [6, 6.07) is 4.00. The average molecular weight is 202 g/mol. The zero-order valence-electron chi connectivity index (χ0n) is 9.19. The number of hydrogen-bond acceptors (Lipinski definition) is 3. The van der Waals surface area contributed by atoms with Crippen LogP contribution in [0.3, 0.4) is 0 Å². The van der Waals surface area contributed by atoms with Crippen molar-refractivity contribution in [2.45, 2.75) is 26.2 Å². The van der Waals surface area contributed by atoms with Crippen LogP contribution in [0, 0.1) is 0 Å². The second-order valence-electron chi connectivity index (χ2n) is 4.52. The molecule has 15 heavy (non-hydrogen) atoms. The summed E-state index contributed by atoms with van der Waals surface area (Å²) in [4.78, 5) is 8.38. The maximum atomic E-state index is 5.17. The lowest BCUT2D eigenvalue weighted by Gasteiger charge is -2.18. The lowest BCUT2D eigenvalue weighted by atomic mass is 9.88. The van der Waals surface area contributed by atoms with Gasteiger partial charge in [0.25, 0.3) is 0 Å². The molecule has 0 amide bonds.